The maximum absolute atomic E-state index is 13.7. The van der Waals surface area contributed by atoms with Crippen LogP contribution in [-0.2, 0) is 0 Å². The minimum Gasteiger partial charge on any atom is -0.467 e. The van der Waals surface area contributed by atoms with Crippen molar-refractivity contribution in [3.8, 4) is 0 Å². The first kappa shape index (κ1) is 18.9. The molecule has 0 bridgehead atoms. The van der Waals surface area contributed by atoms with Gasteiger partial charge in [-0.1, -0.05) is 6.92 Å². The summed E-state index contributed by atoms with van der Waals surface area (Å²) in [5.41, 5.74) is 0.0530. The van der Waals surface area contributed by atoms with Crippen molar-refractivity contribution in [2.45, 2.75) is 63.3 Å². The van der Waals surface area contributed by atoms with Gasteiger partial charge in [-0.05, 0) is 37.8 Å². The lowest BCUT2D eigenvalue weighted by atomic mass is 9.99. The van der Waals surface area contributed by atoms with Gasteiger partial charge >= 0.3 is 6.18 Å². The Morgan fingerprint density at radius 2 is 2.21 bits per heavy atom. The Hall–Kier alpha value is -2.45. The van der Waals surface area contributed by atoms with E-state index in [1.807, 2.05) is 6.92 Å². The first-order chi connectivity index (χ1) is 13.4. The second-order valence-corrected chi connectivity index (χ2v) is 7.42. The zero-order valence-electron chi connectivity index (χ0n) is 15.6. The van der Waals surface area contributed by atoms with Gasteiger partial charge in [0.15, 0.2) is 11.7 Å². The summed E-state index contributed by atoms with van der Waals surface area (Å²) in [5.74, 6) is 0.311. The maximum Gasteiger partial charge on any atom is 0.410 e. The number of fused-ring (bicyclic) bond motifs is 1. The molecule has 2 aliphatic rings. The number of carbonyl (C=O) groups is 1. The first-order valence-corrected chi connectivity index (χ1v) is 9.65. The molecule has 6 nitrogen and oxygen atoms in total. The number of furan rings is 1. The predicted molar refractivity (Wildman–Crippen MR) is 96.0 cm³/mol. The molecule has 0 spiro atoms. The summed E-state index contributed by atoms with van der Waals surface area (Å²) in [5, 5.41) is 7.11. The highest BCUT2D eigenvalue weighted by Gasteiger charge is 2.47. The molecule has 0 aromatic carbocycles. The van der Waals surface area contributed by atoms with Crippen LogP contribution in [0.15, 0.2) is 28.9 Å². The smallest absolute Gasteiger partial charge is 0.410 e. The van der Waals surface area contributed by atoms with Gasteiger partial charge in [0.05, 0.1) is 12.3 Å². The van der Waals surface area contributed by atoms with Crippen molar-refractivity contribution in [3.05, 3.63) is 35.9 Å². The lowest BCUT2D eigenvalue weighted by Crippen LogP contribution is -2.43. The molecule has 4 heterocycles. The number of hydrogen-bond acceptors (Lipinski definition) is 4. The molecule has 0 aliphatic carbocycles. The van der Waals surface area contributed by atoms with Crippen LogP contribution >= 0.6 is 0 Å². The van der Waals surface area contributed by atoms with Gasteiger partial charge < -0.3 is 14.6 Å². The lowest BCUT2D eigenvalue weighted by molar-refractivity contribution is -0.174. The maximum atomic E-state index is 13.7. The molecular weight excluding hydrogens is 373 g/mol. The number of hydrogen-bond donors (Lipinski definition) is 1. The molecule has 2 aliphatic heterocycles. The summed E-state index contributed by atoms with van der Waals surface area (Å²) in [7, 11) is 0. The minimum atomic E-state index is -4.48. The average Bonchev–Trinajstić information content (AvgIpc) is 3.35. The zero-order chi connectivity index (χ0) is 19.9. The zero-order valence-corrected chi connectivity index (χ0v) is 15.6. The Balaban J connectivity index is 1.66. The molecule has 0 unspecified atom stereocenters. The molecule has 28 heavy (non-hydrogen) atoms. The standard InChI is InChI=1S/C19H23F3N4O2/c1-2-12-6-3-4-8-25(12)18(27)14-11-17-23-13(15-7-5-9-28-15)10-16(19(20,21)22)26(17)24-14/h5,7,9,11-13,16,23H,2-4,6,8,10H2,1H3/t12-,13+,16-/m1/s1. The molecule has 0 saturated carbocycles. The fourth-order valence-electron chi connectivity index (χ4n) is 4.19. The molecule has 3 atom stereocenters. The van der Waals surface area contributed by atoms with Crippen molar-refractivity contribution in [1.29, 1.82) is 0 Å². The predicted octanol–water partition coefficient (Wildman–Crippen LogP) is 4.54. The van der Waals surface area contributed by atoms with Crippen LogP contribution in [-0.4, -0.2) is 39.4 Å². The van der Waals surface area contributed by atoms with Gasteiger partial charge in [-0.2, -0.15) is 18.3 Å². The Kier molecular flexibility index (Phi) is 4.84. The van der Waals surface area contributed by atoms with E-state index in [1.165, 1.54) is 12.3 Å². The van der Waals surface area contributed by atoms with E-state index in [2.05, 4.69) is 10.4 Å². The highest BCUT2D eigenvalue weighted by molar-refractivity contribution is 5.93. The molecule has 9 heteroatoms. The van der Waals surface area contributed by atoms with E-state index >= 15 is 0 Å². The molecule has 1 fully saturated rings. The van der Waals surface area contributed by atoms with Gasteiger partial charge in [0.1, 0.15) is 11.6 Å². The monoisotopic (exact) mass is 396 g/mol. The number of carbonyl (C=O) groups excluding carboxylic acids is 1. The van der Waals surface area contributed by atoms with Crippen molar-refractivity contribution in [2.24, 2.45) is 0 Å². The van der Waals surface area contributed by atoms with E-state index in [-0.39, 0.29) is 29.9 Å². The molecule has 152 valence electrons. The Morgan fingerprint density at radius 3 is 2.89 bits per heavy atom. The molecule has 2 aromatic heterocycles. The molecule has 0 radical (unpaired) electrons. The number of alkyl halides is 3. The van der Waals surface area contributed by atoms with E-state index in [0.29, 0.717) is 12.3 Å². The van der Waals surface area contributed by atoms with Crippen LogP contribution in [0.25, 0.3) is 0 Å². The second-order valence-electron chi connectivity index (χ2n) is 7.42. The number of anilines is 1. The molecule has 1 saturated heterocycles. The van der Waals surface area contributed by atoms with Crippen molar-refractivity contribution in [2.75, 3.05) is 11.9 Å². The van der Waals surface area contributed by atoms with Gasteiger partial charge in [-0.25, -0.2) is 4.68 Å². The number of amides is 1. The van der Waals surface area contributed by atoms with Gasteiger partial charge in [0, 0.05) is 25.1 Å². The third-order valence-corrected chi connectivity index (χ3v) is 5.65. The second kappa shape index (κ2) is 7.18. The number of piperidine rings is 1. The topological polar surface area (TPSA) is 63.3 Å². The Bertz CT molecular complexity index is 831. The summed E-state index contributed by atoms with van der Waals surface area (Å²) >= 11 is 0. The van der Waals surface area contributed by atoms with Crippen LogP contribution in [0.1, 0.15) is 67.4 Å². The lowest BCUT2D eigenvalue weighted by Gasteiger charge is -2.34. The molecule has 1 amide bonds. The summed E-state index contributed by atoms with van der Waals surface area (Å²) < 4.78 is 47.3. The van der Waals surface area contributed by atoms with Gasteiger partial charge in [-0.3, -0.25) is 4.79 Å². The fourth-order valence-corrected chi connectivity index (χ4v) is 4.19. The van der Waals surface area contributed by atoms with E-state index in [1.54, 1.807) is 17.0 Å². The van der Waals surface area contributed by atoms with Crippen LogP contribution in [0.2, 0.25) is 0 Å². The number of nitrogens with zero attached hydrogens (tertiary/aromatic N) is 3. The summed E-state index contributed by atoms with van der Waals surface area (Å²) in [4.78, 5) is 14.7. The third kappa shape index (κ3) is 3.38. The van der Waals surface area contributed by atoms with Crippen LogP contribution in [0.4, 0.5) is 19.0 Å². The summed E-state index contributed by atoms with van der Waals surface area (Å²) in [6.07, 6.45) is 0.404. The number of halogens is 3. The number of nitrogens with one attached hydrogen (secondary N) is 1. The number of likely N-dealkylation sites (tertiary alicyclic amines) is 1. The molecule has 1 N–H and O–H groups in total. The highest BCUT2D eigenvalue weighted by Crippen LogP contribution is 2.43. The van der Waals surface area contributed by atoms with Crippen LogP contribution in [0.5, 0.6) is 0 Å². The Labute approximate surface area is 160 Å². The summed E-state index contributed by atoms with van der Waals surface area (Å²) in [6, 6.07) is 2.38. The third-order valence-electron chi connectivity index (χ3n) is 5.65. The van der Waals surface area contributed by atoms with Crippen molar-refractivity contribution in [3.63, 3.8) is 0 Å². The number of rotatable bonds is 3. The molecular formula is C19H23F3N4O2. The largest absolute Gasteiger partial charge is 0.467 e. The van der Waals surface area contributed by atoms with Gasteiger partial charge in [0.2, 0.25) is 0 Å². The normalized spacial score (nSPS) is 25.3. The van der Waals surface area contributed by atoms with E-state index in [4.69, 9.17) is 4.42 Å². The summed E-state index contributed by atoms with van der Waals surface area (Å²) in [6.45, 7) is 2.63. The van der Waals surface area contributed by atoms with Crippen LogP contribution in [0.3, 0.4) is 0 Å². The number of aromatic nitrogens is 2. The van der Waals surface area contributed by atoms with E-state index < -0.39 is 18.3 Å². The minimum absolute atomic E-state index is 0.0530. The quantitative estimate of drug-likeness (QED) is 0.827. The van der Waals surface area contributed by atoms with E-state index in [9.17, 15) is 18.0 Å². The molecule has 4 rings (SSSR count). The SMILES string of the molecule is CC[C@@H]1CCCCN1C(=O)c1cc2n(n1)[C@@H](C(F)(F)F)C[C@@H](c1ccco1)N2. The van der Waals surface area contributed by atoms with Gasteiger partial charge in [-0.15, -0.1) is 0 Å². The van der Waals surface area contributed by atoms with Crippen LogP contribution in [0, 0.1) is 0 Å². The fraction of sp³-hybridized carbons (Fsp3) is 0.579. The van der Waals surface area contributed by atoms with E-state index in [0.717, 1.165) is 30.4 Å². The first-order valence-electron chi connectivity index (χ1n) is 9.65. The molecule has 2 aromatic rings. The van der Waals surface area contributed by atoms with Crippen molar-refractivity contribution < 1.29 is 22.4 Å². The average molecular weight is 396 g/mol. The van der Waals surface area contributed by atoms with Gasteiger partial charge in [0.25, 0.3) is 5.91 Å². The Morgan fingerprint density at radius 1 is 1.39 bits per heavy atom. The van der Waals surface area contributed by atoms with Crippen molar-refractivity contribution in [1.82, 2.24) is 14.7 Å². The highest BCUT2D eigenvalue weighted by atomic mass is 19.4. The van der Waals surface area contributed by atoms with Crippen molar-refractivity contribution >= 4 is 11.7 Å². The van der Waals surface area contributed by atoms with Crippen LogP contribution < -0.4 is 5.32 Å².